The molecule has 0 radical (unpaired) electrons. The van der Waals surface area contributed by atoms with Gasteiger partial charge >= 0.3 is 0 Å². The highest BCUT2D eigenvalue weighted by Crippen LogP contribution is 2.08. The van der Waals surface area contributed by atoms with Crippen molar-refractivity contribution in [2.75, 3.05) is 0 Å². The summed E-state index contributed by atoms with van der Waals surface area (Å²) in [5.41, 5.74) is 0. The van der Waals surface area contributed by atoms with Gasteiger partial charge in [0.2, 0.25) is 0 Å². The van der Waals surface area contributed by atoms with Gasteiger partial charge in [0.1, 0.15) is 0 Å². The third-order valence-corrected chi connectivity index (χ3v) is 1.64. The second-order valence-corrected chi connectivity index (χ2v) is 3.24. The molecule has 0 spiro atoms. The summed E-state index contributed by atoms with van der Waals surface area (Å²) >= 11 is 0. The van der Waals surface area contributed by atoms with Gasteiger partial charge in [-0.25, -0.2) is 0 Å². The van der Waals surface area contributed by atoms with E-state index >= 15 is 0 Å². The molecule has 0 aromatic rings. The summed E-state index contributed by atoms with van der Waals surface area (Å²) in [6.45, 7) is 6.85. The molecule has 3 N–H and O–H groups in total. The van der Waals surface area contributed by atoms with E-state index in [4.69, 9.17) is 0 Å². The number of hydrogen-bond donors (Lipinski definition) is 1. The molecule has 1 heteroatoms. The maximum atomic E-state index is 2.30. The molecule has 0 aliphatic heterocycles. The van der Waals surface area contributed by atoms with E-state index < -0.39 is 0 Å². The predicted molar refractivity (Wildman–Crippen MR) is 48.6 cm³/mol. The molecule has 0 bridgehead atoms. The van der Waals surface area contributed by atoms with Crippen molar-refractivity contribution >= 4 is 0 Å². The summed E-state index contributed by atoms with van der Waals surface area (Å²) in [4.78, 5) is 0. The molecule has 1 nitrogen and oxygen atoms in total. The van der Waals surface area contributed by atoms with Gasteiger partial charge in [-0.15, -0.1) is 0 Å². The molecule has 0 saturated heterocycles. The van der Waals surface area contributed by atoms with E-state index in [1.54, 1.807) is 0 Å². The van der Waals surface area contributed by atoms with Crippen LogP contribution in [0.25, 0.3) is 0 Å². The number of rotatable bonds is 5. The Hall–Kier alpha value is -0.0400. The highest BCUT2D eigenvalue weighted by molar-refractivity contribution is 4.45. The topological polar surface area (TPSA) is 35.0 Å². The molecule has 0 heterocycles. The molecular weight excluding hydrogens is 122 g/mol. The summed E-state index contributed by atoms with van der Waals surface area (Å²) in [7, 11) is 0. The zero-order valence-corrected chi connectivity index (χ0v) is 7.82. The van der Waals surface area contributed by atoms with Crippen LogP contribution in [0.3, 0.4) is 0 Å². The van der Waals surface area contributed by atoms with Crippen LogP contribution < -0.4 is 6.15 Å². The average molecular weight is 145 g/mol. The summed E-state index contributed by atoms with van der Waals surface area (Å²) in [5, 5.41) is 0. The maximum Gasteiger partial charge on any atom is -0.0471 e. The fourth-order valence-corrected chi connectivity index (χ4v) is 0.979. The highest BCUT2D eigenvalue weighted by atomic mass is 14.0. The van der Waals surface area contributed by atoms with Crippen LogP contribution >= 0.6 is 0 Å². The average Bonchev–Trinajstić information content (AvgIpc) is 1.80. The second-order valence-electron chi connectivity index (χ2n) is 3.24. The van der Waals surface area contributed by atoms with Crippen LogP contribution in [0.1, 0.15) is 52.9 Å². The van der Waals surface area contributed by atoms with Crippen molar-refractivity contribution in [2.24, 2.45) is 5.92 Å². The van der Waals surface area contributed by atoms with Crippen molar-refractivity contribution in [1.82, 2.24) is 6.15 Å². The zero-order chi connectivity index (χ0) is 7.11. The largest absolute Gasteiger partial charge is 0.344 e. The fraction of sp³-hybridized carbons (Fsp3) is 1.00. The predicted octanol–water partition coefficient (Wildman–Crippen LogP) is 3.77. The van der Waals surface area contributed by atoms with E-state index in [1.165, 1.54) is 32.1 Å². The van der Waals surface area contributed by atoms with Gasteiger partial charge in [-0.3, -0.25) is 0 Å². The van der Waals surface area contributed by atoms with Crippen LogP contribution in [0.4, 0.5) is 0 Å². The van der Waals surface area contributed by atoms with Gasteiger partial charge in [0.25, 0.3) is 0 Å². The Morgan fingerprint density at radius 2 is 1.60 bits per heavy atom. The minimum Gasteiger partial charge on any atom is -0.344 e. The van der Waals surface area contributed by atoms with Crippen molar-refractivity contribution in [1.29, 1.82) is 0 Å². The van der Waals surface area contributed by atoms with Crippen LogP contribution in [-0.4, -0.2) is 0 Å². The van der Waals surface area contributed by atoms with Crippen LogP contribution in [-0.2, 0) is 0 Å². The van der Waals surface area contributed by atoms with Crippen molar-refractivity contribution in [3.63, 3.8) is 0 Å². The molecule has 0 atom stereocenters. The molecule has 0 fully saturated rings. The van der Waals surface area contributed by atoms with E-state index in [1.807, 2.05) is 0 Å². The Bertz CT molecular complexity index is 50.7. The second kappa shape index (κ2) is 8.96. The molecule has 0 aliphatic rings. The van der Waals surface area contributed by atoms with Gasteiger partial charge in [-0.1, -0.05) is 52.9 Å². The molecule has 64 valence electrons. The van der Waals surface area contributed by atoms with Gasteiger partial charge in [0.15, 0.2) is 0 Å². The first-order valence-corrected chi connectivity index (χ1v) is 4.27. The van der Waals surface area contributed by atoms with Gasteiger partial charge in [0.05, 0.1) is 0 Å². The minimum absolute atomic E-state index is 0. The monoisotopic (exact) mass is 145 g/mol. The van der Waals surface area contributed by atoms with Crippen molar-refractivity contribution in [3.05, 3.63) is 0 Å². The lowest BCUT2D eigenvalue weighted by Crippen LogP contribution is -1.86. The summed E-state index contributed by atoms with van der Waals surface area (Å²) < 4.78 is 0. The van der Waals surface area contributed by atoms with Crippen molar-refractivity contribution in [2.45, 2.75) is 52.9 Å². The third kappa shape index (κ3) is 10.9. The third-order valence-electron chi connectivity index (χ3n) is 1.64. The van der Waals surface area contributed by atoms with E-state index in [9.17, 15) is 0 Å². The lowest BCUT2D eigenvalue weighted by atomic mass is 10.1. The Kier molecular flexibility index (Phi) is 11.3. The molecule has 0 unspecified atom stereocenters. The Morgan fingerprint density at radius 3 is 2.00 bits per heavy atom. The van der Waals surface area contributed by atoms with Gasteiger partial charge < -0.3 is 6.15 Å². The molecule has 0 rings (SSSR count). The Labute approximate surface area is 65.8 Å². The first-order chi connectivity index (χ1) is 4.27. The molecule has 0 aromatic heterocycles. The quantitative estimate of drug-likeness (QED) is 0.587. The molecule has 10 heavy (non-hydrogen) atoms. The van der Waals surface area contributed by atoms with E-state index in [0.717, 1.165) is 5.92 Å². The van der Waals surface area contributed by atoms with Gasteiger partial charge in [0, 0.05) is 0 Å². The summed E-state index contributed by atoms with van der Waals surface area (Å²) in [6.07, 6.45) is 7.07. The molecule has 0 amide bonds. The van der Waals surface area contributed by atoms with Crippen LogP contribution in [0.2, 0.25) is 0 Å². The molecule has 0 aromatic carbocycles. The first kappa shape index (κ1) is 12.6. The van der Waals surface area contributed by atoms with Gasteiger partial charge in [-0.2, -0.15) is 0 Å². The first-order valence-electron chi connectivity index (χ1n) is 4.27. The fourth-order valence-electron chi connectivity index (χ4n) is 0.979. The highest BCUT2D eigenvalue weighted by Gasteiger charge is 1.91. The van der Waals surface area contributed by atoms with Crippen molar-refractivity contribution < 1.29 is 0 Å². The standard InChI is InChI=1S/C9H20.H3N/c1-4-5-6-7-8-9(2)3;/h9H,4-8H2,1-3H3;1H3. The van der Waals surface area contributed by atoms with Crippen LogP contribution in [0, 0.1) is 5.92 Å². The summed E-state index contributed by atoms with van der Waals surface area (Å²) in [6, 6.07) is 0. The lowest BCUT2D eigenvalue weighted by molar-refractivity contribution is 0.525. The number of hydrogen-bond acceptors (Lipinski definition) is 1. The summed E-state index contributed by atoms with van der Waals surface area (Å²) in [5.74, 6) is 0.904. The molecule has 0 aliphatic carbocycles. The molecular formula is C9H23N. The smallest absolute Gasteiger partial charge is 0.0471 e. The SMILES string of the molecule is CCCCCCC(C)C.N. The maximum absolute atomic E-state index is 2.30. The number of unbranched alkanes of at least 4 members (excludes halogenated alkanes) is 3. The lowest BCUT2D eigenvalue weighted by Gasteiger charge is -2.01. The van der Waals surface area contributed by atoms with E-state index in [-0.39, 0.29) is 6.15 Å². The molecule has 0 saturated carbocycles. The van der Waals surface area contributed by atoms with E-state index in [2.05, 4.69) is 20.8 Å². The van der Waals surface area contributed by atoms with Gasteiger partial charge in [-0.05, 0) is 5.92 Å². The Balaban J connectivity index is 0. The van der Waals surface area contributed by atoms with E-state index in [0.29, 0.717) is 0 Å². The van der Waals surface area contributed by atoms with Crippen molar-refractivity contribution in [3.8, 4) is 0 Å². The zero-order valence-electron chi connectivity index (χ0n) is 7.82. The van der Waals surface area contributed by atoms with Crippen LogP contribution in [0.15, 0.2) is 0 Å². The normalized spacial score (nSPS) is 9.60. The minimum atomic E-state index is 0. The van der Waals surface area contributed by atoms with Crippen LogP contribution in [0.5, 0.6) is 0 Å². The Morgan fingerprint density at radius 1 is 1.00 bits per heavy atom.